The number of aryl methyl sites for hydroxylation is 2. The van der Waals surface area contributed by atoms with Gasteiger partial charge in [0, 0.05) is 36.6 Å². The van der Waals surface area contributed by atoms with Crippen LogP contribution in [0.3, 0.4) is 0 Å². The van der Waals surface area contributed by atoms with Gasteiger partial charge in [0.25, 0.3) is 0 Å². The van der Waals surface area contributed by atoms with Gasteiger partial charge in [0.05, 0.1) is 24.7 Å². The third-order valence-corrected chi connectivity index (χ3v) is 5.93. The molecule has 2 aromatic heterocycles. The molecule has 0 bridgehead atoms. The highest BCUT2D eigenvalue weighted by Crippen LogP contribution is 2.26. The number of carbonyl (C=O) groups is 1. The normalized spacial score (nSPS) is 12.5. The van der Waals surface area contributed by atoms with Crippen molar-refractivity contribution in [2.45, 2.75) is 39.3 Å². The second kappa shape index (κ2) is 7.86. The van der Waals surface area contributed by atoms with Gasteiger partial charge in [-0.3, -0.25) is 13.9 Å². The van der Waals surface area contributed by atoms with Crippen LogP contribution in [0.25, 0.3) is 21.9 Å². The maximum atomic E-state index is 13.5. The highest BCUT2D eigenvalue weighted by atomic mass is 16.5. The minimum atomic E-state index is -0.259. The van der Waals surface area contributed by atoms with E-state index in [-0.39, 0.29) is 24.1 Å². The number of hydrogen-bond acceptors (Lipinski definition) is 3. The Morgan fingerprint density at radius 3 is 2.50 bits per heavy atom. The van der Waals surface area contributed by atoms with Gasteiger partial charge in [-0.1, -0.05) is 24.3 Å². The van der Waals surface area contributed by atoms with Crippen LogP contribution in [-0.2, 0) is 23.1 Å². The van der Waals surface area contributed by atoms with Crippen molar-refractivity contribution in [1.82, 2.24) is 13.7 Å². The number of aromatic nitrogens is 3. The molecule has 0 fully saturated rings. The van der Waals surface area contributed by atoms with Crippen LogP contribution in [0.4, 0.5) is 0 Å². The molecule has 0 spiro atoms. The summed E-state index contributed by atoms with van der Waals surface area (Å²) in [5, 5.41) is 1.20. The van der Waals surface area contributed by atoms with Gasteiger partial charge < -0.3 is 9.30 Å². The summed E-state index contributed by atoms with van der Waals surface area (Å²) in [4.78, 5) is 25.1. The molecular formula is C24H27N3O3. The minimum Gasteiger partial charge on any atom is -0.469 e. The Bertz CT molecular complexity index is 1290. The van der Waals surface area contributed by atoms with Crippen molar-refractivity contribution < 1.29 is 9.53 Å². The summed E-state index contributed by atoms with van der Waals surface area (Å²) in [5.74, 6) is -0.259. The van der Waals surface area contributed by atoms with E-state index in [2.05, 4.69) is 35.9 Å². The number of hydrogen-bond donors (Lipinski definition) is 0. The van der Waals surface area contributed by atoms with Crippen LogP contribution in [-0.4, -0.2) is 26.8 Å². The average molecular weight is 405 g/mol. The monoisotopic (exact) mass is 405 g/mol. The molecule has 0 radical (unpaired) electrons. The van der Waals surface area contributed by atoms with Crippen LogP contribution in [0, 0.1) is 6.92 Å². The Balaban J connectivity index is 1.81. The van der Waals surface area contributed by atoms with Gasteiger partial charge in [0.15, 0.2) is 0 Å². The smallest absolute Gasteiger partial charge is 0.329 e. The highest BCUT2D eigenvalue weighted by Gasteiger charge is 2.20. The summed E-state index contributed by atoms with van der Waals surface area (Å²) in [6, 6.07) is 14.0. The first-order valence-electron chi connectivity index (χ1n) is 10.2. The first-order valence-corrected chi connectivity index (χ1v) is 10.2. The number of methoxy groups -OCH3 is 1. The first kappa shape index (κ1) is 20.0. The molecule has 2 heterocycles. The van der Waals surface area contributed by atoms with Crippen LogP contribution in [0.2, 0.25) is 0 Å². The molecule has 0 saturated carbocycles. The number of imidazole rings is 1. The molecule has 0 aliphatic heterocycles. The lowest BCUT2D eigenvalue weighted by atomic mass is 10.1. The maximum absolute atomic E-state index is 13.5. The van der Waals surface area contributed by atoms with Gasteiger partial charge in [0.2, 0.25) is 0 Å². The number of para-hydroxylation sites is 2. The predicted octanol–water partition coefficient (Wildman–Crippen LogP) is 4.17. The van der Waals surface area contributed by atoms with Gasteiger partial charge in [-0.25, -0.2) is 4.79 Å². The number of carbonyl (C=O) groups excluding carboxylic acids is 1. The van der Waals surface area contributed by atoms with Crippen molar-refractivity contribution in [3.63, 3.8) is 0 Å². The number of ether oxygens (including phenoxy) is 1. The molecule has 30 heavy (non-hydrogen) atoms. The number of fused-ring (bicyclic) bond motifs is 2. The molecule has 0 N–H and O–H groups in total. The minimum absolute atomic E-state index is 0.0563. The maximum Gasteiger partial charge on any atom is 0.329 e. The number of rotatable bonds is 6. The van der Waals surface area contributed by atoms with E-state index in [0.717, 1.165) is 22.1 Å². The molecule has 4 rings (SSSR count). The molecule has 0 aliphatic rings. The summed E-state index contributed by atoms with van der Waals surface area (Å²) < 4.78 is 10.5. The Kier molecular flexibility index (Phi) is 5.24. The van der Waals surface area contributed by atoms with Crippen molar-refractivity contribution in [1.29, 1.82) is 0 Å². The molecule has 156 valence electrons. The second-order valence-electron chi connectivity index (χ2n) is 7.93. The number of esters is 1. The molecule has 6 nitrogen and oxygen atoms in total. The lowest BCUT2D eigenvalue weighted by Crippen LogP contribution is -2.27. The van der Waals surface area contributed by atoms with Crippen molar-refractivity contribution in [2.75, 3.05) is 7.11 Å². The van der Waals surface area contributed by atoms with Crippen LogP contribution in [0.1, 0.15) is 36.9 Å². The fourth-order valence-corrected chi connectivity index (χ4v) is 4.39. The number of nitrogens with zero attached hydrogens (tertiary/aromatic N) is 3. The molecule has 1 atom stereocenters. The lowest BCUT2D eigenvalue weighted by molar-refractivity contribution is -0.140. The predicted molar refractivity (Wildman–Crippen MR) is 119 cm³/mol. The van der Waals surface area contributed by atoms with Gasteiger partial charge in [0.1, 0.15) is 0 Å². The van der Waals surface area contributed by atoms with Gasteiger partial charge >= 0.3 is 11.7 Å². The molecular weight excluding hydrogens is 378 g/mol. The van der Waals surface area contributed by atoms with E-state index in [9.17, 15) is 9.59 Å². The Hall–Kier alpha value is -3.28. The summed E-state index contributed by atoms with van der Waals surface area (Å²) in [6.45, 7) is 4.58. The molecule has 2 aromatic carbocycles. The Morgan fingerprint density at radius 1 is 1.07 bits per heavy atom. The Morgan fingerprint density at radius 2 is 1.77 bits per heavy atom. The zero-order valence-corrected chi connectivity index (χ0v) is 17.9. The first-order chi connectivity index (χ1) is 14.4. The quantitative estimate of drug-likeness (QED) is 0.453. The zero-order valence-electron chi connectivity index (χ0n) is 17.9. The van der Waals surface area contributed by atoms with Gasteiger partial charge in [-0.2, -0.15) is 0 Å². The fraction of sp³-hybridized carbons (Fsp3) is 0.333. The highest BCUT2D eigenvalue weighted by molar-refractivity contribution is 5.87. The van der Waals surface area contributed by atoms with E-state index >= 15 is 0 Å². The summed E-state index contributed by atoms with van der Waals surface area (Å²) in [7, 11) is 3.42. The largest absolute Gasteiger partial charge is 0.469 e. The second-order valence-corrected chi connectivity index (χ2v) is 7.93. The van der Waals surface area contributed by atoms with E-state index < -0.39 is 0 Å². The number of benzene rings is 2. The molecule has 0 aliphatic carbocycles. The molecule has 1 unspecified atom stereocenters. The Labute approximate surface area is 175 Å². The molecule has 6 heteroatoms. The van der Waals surface area contributed by atoms with Crippen molar-refractivity contribution >= 4 is 27.9 Å². The SMILES string of the molecule is COC(=O)CCC(C)n1c(=O)n(Cc2cn(C)c3cccc(C)c23)c2ccccc21. The molecule has 0 saturated heterocycles. The van der Waals surface area contributed by atoms with Crippen molar-refractivity contribution in [3.8, 4) is 0 Å². The van der Waals surface area contributed by atoms with Crippen LogP contribution in [0.15, 0.2) is 53.5 Å². The van der Waals surface area contributed by atoms with Crippen LogP contribution >= 0.6 is 0 Å². The topological polar surface area (TPSA) is 58.2 Å². The summed E-state index contributed by atoms with van der Waals surface area (Å²) in [5.41, 5.74) is 5.21. The standard InChI is InChI=1S/C24H27N3O3/c1-16-8-7-11-21-23(16)18(14-25(21)3)15-26-19-9-5-6-10-20(19)27(24(26)29)17(2)12-13-22(28)30-4/h5-11,14,17H,12-13,15H2,1-4H3. The van der Waals surface area contributed by atoms with Crippen molar-refractivity contribution in [2.24, 2.45) is 7.05 Å². The van der Waals surface area contributed by atoms with Crippen LogP contribution in [0.5, 0.6) is 0 Å². The van der Waals surface area contributed by atoms with E-state index in [1.165, 1.54) is 18.1 Å². The van der Waals surface area contributed by atoms with E-state index in [0.29, 0.717) is 13.0 Å². The third kappa shape index (κ3) is 3.32. The third-order valence-electron chi connectivity index (χ3n) is 5.93. The van der Waals surface area contributed by atoms with Crippen molar-refractivity contribution in [3.05, 3.63) is 70.3 Å². The van der Waals surface area contributed by atoms with Gasteiger partial charge in [-0.15, -0.1) is 0 Å². The summed E-state index contributed by atoms with van der Waals surface area (Å²) >= 11 is 0. The molecule has 0 amide bonds. The van der Waals surface area contributed by atoms with E-state index in [1.807, 2.05) is 42.8 Å². The van der Waals surface area contributed by atoms with E-state index in [4.69, 9.17) is 4.74 Å². The molecule has 4 aromatic rings. The zero-order chi connectivity index (χ0) is 21.4. The summed E-state index contributed by atoms with van der Waals surface area (Å²) in [6.07, 6.45) is 2.94. The fourth-order valence-electron chi connectivity index (χ4n) is 4.39. The average Bonchev–Trinajstić information content (AvgIpc) is 3.21. The van der Waals surface area contributed by atoms with E-state index in [1.54, 1.807) is 4.57 Å². The van der Waals surface area contributed by atoms with Gasteiger partial charge in [-0.05, 0) is 49.6 Å². The van der Waals surface area contributed by atoms with Crippen LogP contribution < -0.4 is 5.69 Å². The lowest BCUT2D eigenvalue weighted by Gasteiger charge is -2.12.